The number of nitrogens with one attached hydrogen (secondary N) is 1. The topological polar surface area (TPSA) is 58.6 Å². The van der Waals surface area contributed by atoms with Crippen LogP contribution in [0.2, 0.25) is 0 Å². The fraction of sp³-hybridized carbons (Fsp3) is 0.519. The van der Waals surface area contributed by atoms with E-state index in [-0.39, 0.29) is 17.2 Å². The first-order chi connectivity index (χ1) is 14.4. The highest BCUT2D eigenvalue weighted by atomic mass is 16.5. The van der Waals surface area contributed by atoms with Crippen molar-refractivity contribution in [3.63, 3.8) is 0 Å². The van der Waals surface area contributed by atoms with Gasteiger partial charge in [0, 0.05) is 29.2 Å². The summed E-state index contributed by atoms with van der Waals surface area (Å²) in [4.78, 5) is 12.8. The van der Waals surface area contributed by atoms with Gasteiger partial charge in [0.15, 0.2) is 0 Å². The molecule has 0 spiro atoms. The van der Waals surface area contributed by atoms with Gasteiger partial charge in [-0.25, -0.2) is 0 Å². The van der Waals surface area contributed by atoms with Crippen LogP contribution in [0, 0.1) is 19.3 Å². The Morgan fingerprint density at radius 2 is 1.74 bits per heavy atom. The molecule has 1 amide bonds. The summed E-state index contributed by atoms with van der Waals surface area (Å²) in [6.07, 6.45) is -0.251. The Labute approximate surface area is 187 Å². The first-order valence-corrected chi connectivity index (χ1v) is 11.3. The quantitative estimate of drug-likeness (QED) is 0.587. The third-order valence-electron chi connectivity index (χ3n) is 6.17. The smallest absolute Gasteiger partial charge is 0.224 e. The number of carbonyl (C=O) groups is 1. The Bertz CT molecular complexity index is 966. The van der Waals surface area contributed by atoms with Crippen LogP contribution in [0.3, 0.4) is 0 Å². The predicted molar refractivity (Wildman–Crippen MR) is 127 cm³/mol. The Hall–Kier alpha value is -2.33. The number of ether oxygens (including phenoxy) is 1. The molecule has 0 saturated carbocycles. The molecule has 31 heavy (non-hydrogen) atoms. The van der Waals surface area contributed by atoms with Crippen LogP contribution in [0.4, 0.5) is 5.69 Å². The third kappa shape index (κ3) is 4.79. The van der Waals surface area contributed by atoms with E-state index in [1.807, 2.05) is 6.92 Å². The third-order valence-corrected chi connectivity index (χ3v) is 6.17. The van der Waals surface area contributed by atoms with Gasteiger partial charge in [-0.3, -0.25) is 4.79 Å². The fourth-order valence-electron chi connectivity index (χ4n) is 4.59. The number of hydrogen-bond donors (Lipinski definition) is 2. The monoisotopic (exact) mass is 423 g/mol. The summed E-state index contributed by atoms with van der Waals surface area (Å²) < 4.78 is 6.17. The zero-order valence-corrected chi connectivity index (χ0v) is 20.2. The molecule has 0 aromatic heterocycles. The van der Waals surface area contributed by atoms with Gasteiger partial charge < -0.3 is 15.2 Å². The van der Waals surface area contributed by atoms with Crippen molar-refractivity contribution in [3.05, 3.63) is 57.6 Å². The van der Waals surface area contributed by atoms with Crippen molar-refractivity contribution in [2.45, 2.75) is 79.8 Å². The summed E-state index contributed by atoms with van der Waals surface area (Å²) in [5.74, 6) is 1.33. The van der Waals surface area contributed by atoms with Gasteiger partial charge in [0.2, 0.25) is 5.91 Å². The minimum atomic E-state index is -0.685. The maximum Gasteiger partial charge on any atom is 0.224 e. The minimum Gasteiger partial charge on any atom is -0.492 e. The molecule has 2 aromatic rings. The van der Waals surface area contributed by atoms with Gasteiger partial charge in [0.05, 0.1) is 12.7 Å². The summed E-state index contributed by atoms with van der Waals surface area (Å²) in [7, 11) is 0. The Morgan fingerprint density at radius 1 is 1.13 bits per heavy atom. The average Bonchev–Trinajstić information content (AvgIpc) is 3.08. The largest absolute Gasteiger partial charge is 0.492 e. The molecule has 0 radical (unpaired) electrons. The van der Waals surface area contributed by atoms with E-state index in [9.17, 15) is 9.90 Å². The normalized spacial score (nSPS) is 16.8. The molecule has 4 nitrogen and oxygen atoms in total. The second-order valence-electron chi connectivity index (χ2n) is 10.4. The van der Waals surface area contributed by atoms with E-state index in [0.717, 1.165) is 33.7 Å². The zero-order valence-electron chi connectivity index (χ0n) is 20.2. The molecule has 1 heterocycles. The molecular weight excluding hydrogens is 386 g/mol. The van der Waals surface area contributed by atoms with Crippen LogP contribution in [0.25, 0.3) is 0 Å². The summed E-state index contributed by atoms with van der Waals surface area (Å²) in [5, 5.41) is 13.7. The molecule has 4 heteroatoms. The minimum absolute atomic E-state index is 0.00746. The molecule has 3 rings (SSSR count). The van der Waals surface area contributed by atoms with Gasteiger partial charge >= 0.3 is 0 Å². The number of anilines is 1. The van der Waals surface area contributed by atoms with Crippen LogP contribution in [0.1, 0.15) is 99.3 Å². The predicted octanol–water partition coefficient (Wildman–Crippen LogP) is 6.38. The van der Waals surface area contributed by atoms with Crippen molar-refractivity contribution in [3.8, 4) is 5.75 Å². The molecule has 0 bridgehead atoms. The number of rotatable bonds is 5. The number of aliphatic hydroxyl groups excluding tert-OH is 1. The molecule has 0 fully saturated rings. The van der Waals surface area contributed by atoms with E-state index < -0.39 is 6.10 Å². The van der Waals surface area contributed by atoms with Crippen LogP contribution in [-0.4, -0.2) is 17.6 Å². The molecule has 0 saturated heterocycles. The van der Waals surface area contributed by atoms with Crippen molar-refractivity contribution in [1.82, 2.24) is 0 Å². The molecule has 1 aliphatic rings. The van der Waals surface area contributed by atoms with E-state index in [1.54, 1.807) is 6.92 Å². The molecule has 1 aliphatic heterocycles. The number of carbonyl (C=O) groups excluding carboxylic acids is 1. The van der Waals surface area contributed by atoms with Gasteiger partial charge in [-0.15, -0.1) is 0 Å². The van der Waals surface area contributed by atoms with Crippen molar-refractivity contribution >= 4 is 11.6 Å². The fourth-order valence-corrected chi connectivity index (χ4v) is 4.59. The van der Waals surface area contributed by atoms with E-state index in [4.69, 9.17) is 4.74 Å². The molecular formula is C27H37NO3. The average molecular weight is 424 g/mol. The van der Waals surface area contributed by atoms with Crippen molar-refractivity contribution in [2.75, 3.05) is 11.9 Å². The lowest BCUT2D eigenvalue weighted by molar-refractivity contribution is -0.117. The maximum absolute atomic E-state index is 12.8. The number of aliphatic hydroxyl groups is 1. The Morgan fingerprint density at radius 3 is 2.26 bits per heavy atom. The number of hydrogen-bond acceptors (Lipinski definition) is 3. The van der Waals surface area contributed by atoms with Crippen LogP contribution in [-0.2, 0) is 4.79 Å². The molecule has 2 atom stereocenters. The first-order valence-electron chi connectivity index (χ1n) is 11.3. The first kappa shape index (κ1) is 23.3. The second kappa shape index (κ2) is 8.66. The highest BCUT2D eigenvalue weighted by Crippen LogP contribution is 2.49. The van der Waals surface area contributed by atoms with Gasteiger partial charge in [-0.1, -0.05) is 58.9 Å². The van der Waals surface area contributed by atoms with E-state index in [2.05, 4.69) is 71.1 Å². The van der Waals surface area contributed by atoms with Crippen molar-refractivity contribution < 1.29 is 14.6 Å². The van der Waals surface area contributed by atoms with Crippen molar-refractivity contribution in [2.24, 2.45) is 5.41 Å². The standard InChI is InChI=1S/C27H37NO3/c1-15(2)19-9-11-20(12-10-19)21-14-31-26-23(18(5)29)16(3)25(17(4)24(21)26)28-22(30)13-27(6,7)8/h9-12,15,18,21,29H,13-14H2,1-8H3,(H,28,30)/t18-,21-/m1/s1. The van der Waals surface area contributed by atoms with Crippen molar-refractivity contribution in [1.29, 1.82) is 0 Å². The van der Waals surface area contributed by atoms with E-state index in [1.165, 1.54) is 11.1 Å². The summed E-state index contributed by atoms with van der Waals surface area (Å²) in [6.45, 7) is 16.9. The molecule has 168 valence electrons. The molecule has 0 aliphatic carbocycles. The summed E-state index contributed by atoms with van der Waals surface area (Å²) in [6, 6.07) is 8.72. The lowest BCUT2D eigenvalue weighted by atomic mass is 9.84. The van der Waals surface area contributed by atoms with Crippen LogP contribution in [0.5, 0.6) is 5.75 Å². The summed E-state index contributed by atoms with van der Waals surface area (Å²) in [5.41, 5.74) is 6.95. The van der Waals surface area contributed by atoms with Gasteiger partial charge in [-0.2, -0.15) is 0 Å². The maximum atomic E-state index is 12.8. The molecule has 0 unspecified atom stereocenters. The van der Waals surface area contributed by atoms with Crippen LogP contribution >= 0.6 is 0 Å². The number of fused-ring (bicyclic) bond motifs is 1. The second-order valence-corrected chi connectivity index (χ2v) is 10.4. The van der Waals surface area contributed by atoms with Gasteiger partial charge in [0.1, 0.15) is 5.75 Å². The Kier molecular flexibility index (Phi) is 6.52. The van der Waals surface area contributed by atoms with Gasteiger partial charge in [0.25, 0.3) is 0 Å². The lowest BCUT2D eigenvalue weighted by Crippen LogP contribution is -2.21. The van der Waals surface area contributed by atoms with Crippen LogP contribution in [0.15, 0.2) is 24.3 Å². The SMILES string of the molecule is Cc1c(NC(=O)CC(C)(C)C)c(C)c([C@@H](C)O)c2c1[C@@H](c1ccc(C(C)C)cc1)CO2. The number of amides is 1. The zero-order chi connectivity index (χ0) is 23.1. The molecule has 2 N–H and O–H groups in total. The molecule has 2 aromatic carbocycles. The Balaban J connectivity index is 2.09. The lowest BCUT2D eigenvalue weighted by Gasteiger charge is -2.24. The van der Waals surface area contributed by atoms with E-state index >= 15 is 0 Å². The summed E-state index contributed by atoms with van der Waals surface area (Å²) >= 11 is 0. The van der Waals surface area contributed by atoms with E-state index in [0.29, 0.717) is 18.9 Å². The van der Waals surface area contributed by atoms with Crippen LogP contribution < -0.4 is 10.1 Å². The highest BCUT2D eigenvalue weighted by molar-refractivity contribution is 5.94. The highest BCUT2D eigenvalue weighted by Gasteiger charge is 2.34. The van der Waals surface area contributed by atoms with Gasteiger partial charge in [-0.05, 0) is 54.4 Å². The number of benzene rings is 2.